The first-order valence-electron chi connectivity index (χ1n) is 12.5. The van der Waals surface area contributed by atoms with E-state index in [1.807, 2.05) is 45.0 Å². The Labute approximate surface area is 213 Å². The van der Waals surface area contributed by atoms with Crippen LogP contribution in [0.15, 0.2) is 48.5 Å². The average Bonchev–Trinajstić information content (AvgIpc) is 2.85. The van der Waals surface area contributed by atoms with E-state index >= 15 is 0 Å². The van der Waals surface area contributed by atoms with Crippen molar-refractivity contribution in [1.29, 1.82) is 0 Å². The normalized spacial score (nSPS) is 16.8. The van der Waals surface area contributed by atoms with Crippen molar-refractivity contribution in [2.24, 2.45) is 5.92 Å². The molecule has 1 aliphatic rings. The van der Waals surface area contributed by atoms with Crippen molar-refractivity contribution in [3.8, 4) is 0 Å². The van der Waals surface area contributed by atoms with Crippen molar-refractivity contribution >= 4 is 29.3 Å². The first kappa shape index (κ1) is 26.7. The summed E-state index contributed by atoms with van der Waals surface area (Å²) in [6.45, 7) is 9.16. The van der Waals surface area contributed by atoms with Gasteiger partial charge >= 0.3 is 0 Å². The molecule has 0 aromatic heterocycles. The highest BCUT2D eigenvalue weighted by atomic mass is 35.5. The van der Waals surface area contributed by atoms with Crippen molar-refractivity contribution in [1.82, 2.24) is 15.1 Å². The molecule has 0 saturated carbocycles. The van der Waals surface area contributed by atoms with Crippen molar-refractivity contribution in [2.45, 2.75) is 59.0 Å². The van der Waals surface area contributed by atoms with E-state index in [2.05, 4.69) is 12.2 Å². The molecular formula is C28H36ClN3O3. The Kier molecular flexibility index (Phi) is 9.33. The van der Waals surface area contributed by atoms with Crippen LogP contribution in [0.5, 0.6) is 0 Å². The SMILES string of the molecule is CCCCc1ccc(C(=O)NC(C(=O)N2CCN(C(=O)c3ccccc3Cl)C(C)C2)C(C)C)cc1. The van der Waals surface area contributed by atoms with Crippen LogP contribution in [0.3, 0.4) is 0 Å². The van der Waals surface area contributed by atoms with E-state index in [9.17, 15) is 14.4 Å². The predicted molar refractivity (Wildman–Crippen MR) is 140 cm³/mol. The monoisotopic (exact) mass is 497 g/mol. The number of halogens is 1. The van der Waals surface area contributed by atoms with Crippen LogP contribution in [0, 0.1) is 5.92 Å². The fourth-order valence-corrected chi connectivity index (χ4v) is 4.60. The molecule has 0 aliphatic carbocycles. The van der Waals surface area contributed by atoms with E-state index in [0.717, 1.165) is 19.3 Å². The third kappa shape index (κ3) is 6.63. The minimum atomic E-state index is -0.639. The van der Waals surface area contributed by atoms with Gasteiger partial charge in [-0.1, -0.05) is 63.1 Å². The fourth-order valence-electron chi connectivity index (χ4n) is 4.39. The molecule has 2 aromatic carbocycles. The summed E-state index contributed by atoms with van der Waals surface area (Å²) in [4.78, 5) is 42.9. The molecule has 6 nitrogen and oxygen atoms in total. The van der Waals surface area contributed by atoms with E-state index < -0.39 is 6.04 Å². The summed E-state index contributed by atoms with van der Waals surface area (Å²) >= 11 is 6.22. The van der Waals surface area contributed by atoms with E-state index in [-0.39, 0.29) is 29.7 Å². The molecule has 7 heteroatoms. The second kappa shape index (κ2) is 12.2. The van der Waals surface area contributed by atoms with Gasteiger partial charge in [0.2, 0.25) is 5.91 Å². The standard InChI is InChI=1S/C28H36ClN3O3/c1-5-6-9-21-12-14-22(15-13-21)26(33)30-25(19(2)3)28(35)31-16-17-32(20(4)18-31)27(34)23-10-7-8-11-24(23)29/h7-8,10-15,19-20,25H,5-6,9,16-18H2,1-4H3,(H,30,33). The highest BCUT2D eigenvalue weighted by Gasteiger charge is 2.35. The van der Waals surface area contributed by atoms with Crippen molar-refractivity contribution < 1.29 is 14.4 Å². The molecule has 0 radical (unpaired) electrons. The first-order valence-corrected chi connectivity index (χ1v) is 12.8. The number of amides is 3. The van der Waals surface area contributed by atoms with Gasteiger partial charge in [0, 0.05) is 31.2 Å². The van der Waals surface area contributed by atoms with Gasteiger partial charge in [-0.2, -0.15) is 0 Å². The minimum absolute atomic E-state index is 0.0756. The van der Waals surface area contributed by atoms with E-state index in [0.29, 0.717) is 35.8 Å². The first-order chi connectivity index (χ1) is 16.7. The largest absolute Gasteiger partial charge is 0.340 e. The molecule has 3 amide bonds. The van der Waals surface area contributed by atoms with E-state index in [4.69, 9.17) is 11.6 Å². The lowest BCUT2D eigenvalue weighted by Crippen LogP contribution is -2.59. The molecule has 3 rings (SSSR count). The maximum absolute atomic E-state index is 13.4. The Morgan fingerprint density at radius 1 is 1.06 bits per heavy atom. The van der Waals surface area contributed by atoms with Crippen LogP contribution in [0.25, 0.3) is 0 Å². The summed E-state index contributed by atoms with van der Waals surface area (Å²) in [5.74, 6) is -0.580. The van der Waals surface area contributed by atoms with Crippen molar-refractivity contribution in [3.05, 3.63) is 70.2 Å². The number of carbonyl (C=O) groups is 3. The molecule has 1 fully saturated rings. The van der Waals surface area contributed by atoms with Gasteiger partial charge in [-0.3, -0.25) is 14.4 Å². The van der Waals surface area contributed by atoms with Crippen LogP contribution >= 0.6 is 11.6 Å². The van der Waals surface area contributed by atoms with Gasteiger partial charge in [-0.15, -0.1) is 0 Å². The van der Waals surface area contributed by atoms with Crippen LogP contribution in [0.2, 0.25) is 5.02 Å². The number of piperazine rings is 1. The lowest BCUT2D eigenvalue weighted by atomic mass is 10.0. The van der Waals surface area contributed by atoms with Gasteiger partial charge in [0.15, 0.2) is 0 Å². The zero-order chi connectivity index (χ0) is 25.5. The Morgan fingerprint density at radius 3 is 2.34 bits per heavy atom. The molecule has 0 spiro atoms. The quantitative estimate of drug-likeness (QED) is 0.569. The van der Waals surface area contributed by atoms with Crippen LogP contribution in [0.4, 0.5) is 0 Å². The lowest BCUT2D eigenvalue weighted by molar-refractivity contribution is -0.136. The summed E-state index contributed by atoms with van der Waals surface area (Å²) in [7, 11) is 0. The zero-order valence-electron chi connectivity index (χ0n) is 21.1. The van der Waals surface area contributed by atoms with Gasteiger partial charge in [0.1, 0.15) is 6.04 Å². The molecule has 2 aromatic rings. The molecule has 0 bridgehead atoms. The molecule has 1 aliphatic heterocycles. The van der Waals surface area contributed by atoms with Crippen LogP contribution in [-0.2, 0) is 11.2 Å². The zero-order valence-corrected chi connectivity index (χ0v) is 21.8. The summed E-state index contributed by atoms with van der Waals surface area (Å²) < 4.78 is 0. The number of hydrogen-bond donors (Lipinski definition) is 1. The summed E-state index contributed by atoms with van der Waals surface area (Å²) in [5, 5.41) is 3.37. The van der Waals surface area contributed by atoms with Crippen LogP contribution in [-0.4, -0.2) is 59.2 Å². The van der Waals surface area contributed by atoms with Crippen LogP contribution in [0.1, 0.15) is 66.8 Å². The molecule has 2 atom stereocenters. The maximum Gasteiger partial charge on any atom is 0.255 e. The number of rotatable bonds is 8. The Balaban J connectivity index is 1.64. The second-order valence-corrected chi connectivity index (χ2v) is 10.0. The number of benzene rings is 2. The van der Waals surface area contributed by atoms with Gasteiger partial charge in [0.05, 0.1) is 10.6 Å². The highest BCUT2D eigenvalue weighted by Crippen LogP contribution is 2.21. The summed E-state index contributed by atoms with van der Waals surface area (Å²) in [6.07, 6.45) is 3.24. The minimum Gasteiger partial charge on any atom is -0.340 e. The molecule has 1 heterocycles. The number of unbranched alkanes of at least 4 members (excludes halogenated alkanes) is 1. The van der Waals surface area contributed by atoms with Crippen LogP contribution < -0.4 is 5.32 Å². The molecule has 2 unspecified atom stereocenters. The van der Waals surface area contributed by atoms with Crippen molar-refractivity contribution in [3.63, 3.8) is 0 Å². The molecule has 35 heavy (non-hydrogen) atoms. The topological polar surface area (TPSA) is 69.7 Å². The van der Waals surface area contributed by atoms with Crippen molar-refractivity contribution in [2.75, 3.05) is 19.6 Å². The molecule has 188 valence electrons. The van der Waals surface area contributed by atoms with Gasteiger partial charge in [0.25, 0.3) is 11.8 Å². The average molecular weight is 498 g/mol. The lowest BCUT2D eigenvalue weighted by Gasteiger charge is -2.41. The third-order valence-corrected chi connectivity index (χ3v) is 6.89. The van der Waals surface area contributed by atoms with E-state index in [1.165, 1.54) is 5.56 Å². The number of nitrogens with one attached hydrogen (secondary N) is 1. The smallest absolute Gasteiger partial charge is 0.255 e. The maximum atomic E-state index is 13.4. The van der Waals surface area contributed by atoms with Gasteiger partial charge in [-0.25, -0.2) is 0 Å². The predicted octanol–water partition coefficient (Wildman–Crippen LogP) is 4.81. The number of nitrogens with zero attached hydrogens (tertiary/aromatic N) is 2. The number of hydrogen-bond acceptors (Lipinski definition) is 3. The Bertz CT molecular complexity index is 1040. The Hall–Kier alpha value is -2.86. The summed E-state index contributed by atoms with van der Waals surface area (Å²) in [5.41, 5.74) is 2.22. The fraction of sp³-hybridized carbons (Fsp3) is 0.464. The van der Waals surface area contributed by atoms with E-state index in [1.54, 1.807) is 34.1 Å². The molecule has 1 saturated heterocycles. The summed E-state index contributed by atoms with van der Waals surface area (Å²) in [6, 6.07) is 13.8. The Morgan fingerprint density at radius 2 is 1.74 bits per heavy atom. The highest BCUT2D eigenvalue weighted by molar-refractivity contribution is 6.33. The number of carbonyl (C=O) groups excluding carboxylic acids is 3. The third-order valence-electron chi connectivity index (χ3n) is 6.56. The van der Waals surface area contributed by atoms with Gasteiger partial charge < -0.3 is 15.1 Å². The molecule has 1 N–H and O–H groups in total. The number of aryl methyl sites for hydroxylation is 1. The van der Waals surface area contributed by atoms with Gasteiger partial charge in [-0.05, 0) is 55.5 Å². The molecular weight excluding hydrogens is 462 g/mol. The second-order valence-electron chi connectivity index (χ2n) is 9.61.